The summed E-state index contributed by atoms with van der Waals surface area (Å²) in [5.41, 5.74) is 4.53. The average Bonchev–Trinajstić information content (AvgIpc) is 2.70. The number of hydrogen-bond donors (Lipinski definition) is 2. The molecule has 0 atom stereocenters. The van der Waals surface area contributed by atoms with Crippen LogP contribution in [0.4, 0.5) is 5.69 Å². The van der Waals surface area contributed by atoms with E-state index in [4.69, 9.17) is 4.42 Å². The lowest BCUT2D eigenvalue weighted by Crippen LogP contribution is -2.21. The van der Waals surface area contributed by atoms with Crippen molar-refractivity contribution in [3.63, 3.8) is 0 Å². The predicted octanol–water partition coefficient (Wildman–Crippen LogP) is 2.97. The van der Waals surface area contributed by atoms with Gasteiger partial charge in [0, 0.05) is 18.5 Å². The predicted molar refractivity (Wildman–Crippen MR) is 107 cm³/mol. The number of nitrogens with one attached hydrogen (secondary N) is 2. The van der Waals surface area contributed by atoms with E-state index in [9.17, 15) is 14.4 Å². The van der Waals surface area contributed by atoms with E-state index < -0.39 is 5.91 Å². The van der Waals surface area contributed by atoms with E-state index in [1.807, 2.05) is 19.1 Å². The Morgan fingerprint density at radius 3 is 2.54 bits per heavy atom. The molecule has 3 rings (SSSR count). The molecule has 2 amide bonds. The Labute approximate surface area is 161 Å². The maximum absolute atomic E-state index is 12.3. The summed E-state index contributed by atoms with van der Waals surface area (Å²) in [7, 11) is 0. The second kappa shape index (κ2) is 8.77. The van der Waals surface area contributed by atoms with Crippen molar-refractivity contribution in [2.75, 3.05) is 5.32 Å². The number of nitrogens with zero attached hydrogens (tertiary/aromatic N) is 1. The van der Waals surface area contributed by atoms with E-state index in [0.29, 0.717) is 16.7 Å². The van der Waals surface area contributed by atoms with Gasteiger partial charge >= 0.3 is 0 Å². The Morgan fingerprint density at radius 2 is 1.75 bits per heavy atom. The third-order valence-corrected chi connectivity index (χ3v) is 4.01. The van der Waals surface area contributed by atoms with Crippen LogP contribution in [0.15, 0.2) is 69.1 Å². The molecular formula is C21H19N3O4. The zero-order chi connectivity index (χ0) is 19.9. The first-order valence-corrected chi connectivity index (χ1v) is 8.72. The smallest absolute Gasteiger partial charge is 0.240 e. The number of hydrazone groups is 1. The minimum Gasteiger partial charge on any atom is -0.463 e. The van der Waals surface area contributed by atoms with Crippen molar-refractivity contribution in [2.45, 2.75) is 19.8 Å². The van der Waals surface area contributed by atoms with Gasteiger partial charge in [0.15, 0.2) is 0 Å². The molecule has 0 aliphatic rings. The molecule has 0 unspecified atom stereocenters. The van der Waals surface area contributed by atoms with Gasteiger partial charge in [0.1, 0.15) is 11.8 Å². The SMILES string of the molecule is Cc1ccc(NC(=O)CCC(=O)N/N=C/c2coc3ccccc3c2=O)cc1. The molecular weight excluding hydrogens is 358 g/mol. The lowest BCUT2D eigenvalue weighted by atomic mass is 10.2. The Kier molecular flexibility index (Phi) is 5.96. The molecule has 0 spiro atoms. The third kappa shape index (κ3) is 4.91. The van der Waals surface area contributed by atoms with Gasteiger partial charge < -0.3 is 9.73 Å². The summed E-state index contributed by atoms with van der Waals surface area (Å²) in [6.07, 6.45) is 2.51. The Hall–Kier alpha value is -3.74. The summed E-state index contributed by atoms with van der Waals surface area (Å²) in [5, 5.41) is 6.92. The molecule has 0 aliphatic heterocycles. The van der Waals surface area contributed by atoms with E-state index >= 15 is 0 Å². The molecule has 2 aromatic carbocycles. The molecule has 0 aliphatic carbocycles. The topological polar surface area (TPSA) is 101 Å². The van der Waals surface area contributed by atoms with Crippen LogP contribution in [0.1, 0.15) is 24.0 Å². The molecule has 1 heterocycles. The number of amides is 2. The van der Waals surface area contributed by atoms with Crippen molar-refractivity contribution < 1.29 is 14.0 Å². The molecule has 7 nitrogen and oxygen atoms in total. The molecule has 0 bridgehead atoms. The van der Waals surface area contributed by atoms with E-state index in [1.54, 1.807) is 36.4 Å². The molecule has 2 N–H and O–H groups in total. The largest absolute Gasteiger partial charge is 0.463 e. The van der Waals surface area contributed by atoms with Crippen LogP contribution < -0.4 is 16.2 Å². The zero-order valence-corrected chi connectivity index (χ0v) is 15.3. The van der Waals surface area contributed by atoms with Gasteiger partial charge in [-0.15, -0.1) is 0 Å². The van der Waals surface area contributed by atoms with Crippen molar-refractivity contribution >= 4 is 34.7 Å². The second-order valence-corrected chi connectivity index (χ2v) is 6.22. The van der Waals surface area contributed by atoms with Gasteiger partial charge in [0.25, 0.3) is 0 Å². The van der Waals surface area contributed by atoms with Gasteiger partial charge in [-0.3, -0.25) is 14.4 Å². The van der Waals surface area contributed by atoms with Crippen LogP contribution in [-0.2, 0) is 9.59 Å². The fraction of sp³-hybridized carbons (Fsp3) is 0.143. The summed E-state index contributed by atoms with van der Waals surface area (Å²) in [6, 6.07) is 14.2. The number of benzene rings is 2. The number of hydrogen-bond acceptors (Lipinski definition) is 5. The summed E-state index contributed by atoms with van der Waals surface area (Å²) >= 11 is 0. The molecule has 3 aromatic rings. The number of fused-ring (bicyclic) bond motifs is 1. The minimum atomic E-state index is -0.430. The maximum atomic E-state index is 12.3. The highest BCUT2D eigenvalue weighted by Gasteiger charge is 2.07. The quantitative estimate of drug-likeness (QED) is 0.509. The molecule has 28 heavy (non-hydrogen) atoms. The van der Waals surface area contributed by atoms with Crippen molar-refractivity contribution in [2.24, 2.45) is 5.10 Å². The van der Waals surface area contributed by atoms with Crippen LogP contribution >= 0.6 is 0 Å². The molecule has 1 aromatic heterocycles. The number of carbonyl (C=O) groups excluding carboxylic acids is 2. The highest BCUT2D eigenvalue weighted by atomic mass is 16.3. The van der Waals surface area contributed by atoms with Gasteiger partial charge in [0.2, 0.25) is 17.2 Å². The van der Waals surface area contributed by atoms with Gasteiger partial charge in [-0.2, -0.15) is 5.10 Å². The summed E-state index contributed by atoms with van der Waals surface area (Å²) in [4.78, 5) is 36.0. The van der Waals surface area contributed by atoms with Crippen LogP contribution in [0.3, 0.4) is 0 Å². The Balaban J connectivity index is 1.50. The van der Waals surface area contributed by atoms with Crippen LogP contribution in [-0.4, -0.2) is 18.0 Å². The highest BCUT2D eigenvalue weighted by molar-refractivity contribution is 5.93. The van der Waals surface area contributed by atoms with Crippen molar-refractivity contribution in [3.05, 3.63) is 76.1 Å². The number of anilines is 1. The van der Waals surface area contributed by atoms with Crippen LogP contribution in [0.25, 0.3) is 11.0 Å². The summed E-state index contributed by atoms with van der Waals surface area (Å²) in [5.74, 6) is -0.696. The normalized spacial score (nSPS) is 10.9. The zero-order valence-electron chi connectivity index (χ0n) is 15.3. The van der Waals surface area contributed by atoms with Crippen molar-refractivity contribution in [1.29, 1.82) is 0 Å². The Morgan fingerprint density at radius 1 is 1.04 bits per heavy atom. The monoisotopic (exact) mass is 377 g/mol. The first-order chi connectivity index (χ1) is 13.5. The van der Waals surface area contributed by atoms with Crippen LogP contribution in [0.5, 0.6) is 0 Å². The summed E-state index contributed by atoms with van der Waals surface area (Å²) < 4.78 is 5.37. The first-order valence-electron chi connectivity index (χ1n) is 8.72. The highest BCUT2D eigenvalue weighted by Crippen LogP contribution is 2.10. The van der Waals surface area contributed by atoms with Crippen molar-refractivity contribution in [1.82, 2.24) is 5.43 Å². The lowest BCUT2D eigenvalue weighted by molar-refractivity contribution is -0.124. The molecule has 0 fully saturated rings. The van der Waals surface area contributed by atoms with Gasteiger partial charge in [-0.25, -0.2) is 5.43 Å². The second-order valence-electron chi connectivity index (χ2n) is 6.22. The van der Waals surface area contributed by atoms with E-state index in [-0.39, 0.29) is 29.7 Å². The molecule has 0 radical (unpaired) electrons. The van der Waals surface area contributed by atoms with Crippen molar-refractivity contribution in [3.8, 4) is 0 Å². The molecule has 7 heteroatoms. The first kappa shape index (κ1) is 19.0. The van der Waals surface area contributed by atoms with E-state index in [2.05, 4.69) is 15.8 Å². The average molecular weight is 377 g/mol. The molecule has 0 saturated carbocycles. The maximum Gasteiger partial charge on any atom is 0.240 e. The number of para-hydroxylation sites is 1. The molecule has 0 saturated heterocycles. The standard InChI is InChI=1S/C21H19N3O4/c1-14-6-8-16(9-7-14)23-19(25)10-11-20(26)24-22-12-15-13-28-18-5-3-2-4-17(18)21(15)27/h2-9,12-13H,10-11H2,1H3,(H,23,25)(H,24,26)/b22-12+. The minimum absolute atomic E-state index is 0.0212. The van der Waals surface area contributed by atoms with Gasteiger partial charge in [-0.05, 0) is 31.2 Å². The fourth-order valence-corrected chi connectivity index (χ4v) is 2.50. The number of carbonyl (C=O) groups is 2. The lowest BCUT2D eigenvalue weighted by Gasteiger charge is -2.05. The molecule has 142 valence electrons. The van der Waals surface area contributed by atoms with E-state index in [1.165, 1.54) is 12.5 Å². The Bertz CT molecular complexity index is 1080. The van der Waals surface area contributed by atoms with E-state index in [0.717, 1.165) is 5.56 Å². The van der Waals surface area contributed by atoms with Crippen LogP contribution in [0.2, 0.25) is 0 Å². The van der Waals surface area contributed by atoms with Gasteiger partial charge in [0.05, 0.1) is 17.2 Å². The van der Waals surface area contributed by atoms with Gasteiger partial charge in [-0.1, -0.05) is 29.8 Å². The summed E-state index contributed by atoms with van der Waals surface area (Å²) in [6.45, 7) is 1.96. The fourth-order valence-electron chi connectivity index (χ4n) is 2.50. The van der Waals surface area contributed by atoms with Crippen LogP contribution in [0, 0.1) is 6.92 Å². The third-order valence-electron chi connectivity index (χ3n) is 4.01. The number of rotatable bonds is 6. The number of aryl methyl sites for hydroxylation is 1.